The Balaban J connectivity index is 2.87. The van der Waals surface area contributed by atoms with Crippen LogP contribution in [0.25, 0.3) is 11.0 Å². The number of esters is 1. The van der Waals surface area contributed by atoms with E-state index in [1.807, 2.05) is 0 Å². The second-order valence-electron chi connectivity index (χ2n) is 4.38. The Morgan fingerprint density at radius 3 is 2.15 bits per heavy atom. The number of fused-ring (bicyclic) bond motifs is 1. The van der Waals surface area contributed by atoms with Crippen LogP contribution >= 0.6 is 0 Å². The Kier molecular flexibility index (Phi) is 3.35. The van der Waals surface area contributed by atoms with E-state index in [9.17, 15) is 14.4 Å². The van der Waals surface area contributed by atoms with E-state index in [-0.39, 0.29) is 17.9 Å². The van der Waals surface area contributed by atoms with E-state index in [0.29, 0.717) is 11.0 Å². The summed E-state index contributed by atoms with van der Waals surface area (Å²) in [5, 5.41) is 0. The van der Waals surface area contributed by atoms with Gasteiger partial charge in [0.25, 0.3) is 0 Å². The molecular weight excluding hydrogens is 262 g/mol. The van der Waals surface area contributed by atoms with Crippen LogP contribution in [-0.2, 0) is 18.8 Å². The molecule has 2 aromatic rings. The third kappa shape index (κ3) is 1.97. The van der Waals surface area contributed by atoms with E-state index in [2.05, 4.69) is 0 Å². The number of hydrogen-bond acceptors (Lipinski definition) is 5. The SMILES string of the molecule is CCOC(=O)c1cc2c(cc1N)n(C)c(=O)c(=O)n2C. The van der Waals surface area contributed by atoms with Crippen LogP contribution in [0.15, 0.2) is 21.7 Å². The molecule has 0 unspecified atom stereocenters. The highest BCUT2D eigenvalue weighted by molar-refractivity contribution is 5.99. The molecule has 0 aliphatic carbocycles. The van der Waals surface area contributed by atoms with Gasteiger partial charge in [-0.1, -0.05) is 0 Å². The zero-order chi connectivity index (χ0) is 15.0. The summed E-state index contributed by atoms with van der Waals surface area (Å²) in [5.41, 5.74) is 5.79. The molecular formula is C13H15N3O4. The van der Waals surface area contributed by atoms with Gasteiger partial charge in [-0.25, -0.2) is 4.79 Å². The molecule has 1 aromatic carbocycles. The van der Waals surface area contributed by atoms with Gasteiger partial charge in [-0.2, -0.15) is 0 Å². The quantitative estimate of drug-likeness (QED) is 0.473. The standard InChI is InChI=1S/C13H15N3O4/c1-4-20-13(19)7-5-9-10(6-8(7)14)16(3)12(18)11(17)15(9)2/h5-6H,4,14H2,1-3H3. The van der Waals surface area contributed by atoms with Crippen LogP contribution in [0.1, 0.15) is 17.3 Å². The highest BCUT2D eigenvalue weighted by Crippen LogP contribution is 2.20. The minimum Gasteiger partial charge on any atom is -0.462 e. The highest BCUT2D eigenvalue weighted by atomic mass is 16.5. The van der Waals surface area contributed by atoms with E-state index in [1.54, 1.807) is 6.92 Å². The molecule has 0 aliphatic heterocycles. The predicted octanol–water partition coefficient (Wildman–Crippen LogP) is -0.00390. The van der Waals surface area contributed by atoms with Crippen LogP contribution in [-0.4, -0.2) is 21.7 Å². The molecule has 0 amide bonds. The van der Waals surface area contributed by atoms with Crippen molar-refractivity contribution in [2.45, 2.75) is 6.92 Å². The van der Waals surface area contributed by atoms with Crippen LogP contribution in [0.2, 0.25) is 0 Å². The zero-order valence-corrected chi connectivity index (χ0v) is 11.5. The average Bonchev–Trinajstić information content (AvgIpc) is 2.42. The number of carbonyl (C=O) groups excluding carboxylic acids is 1. The number of hydrogen-bond donors (Lipinski definition) is 1. The van der Waals surface area contributed by atoms with Crippen molar-refractivity contribution >= 4 is 22.7 Å². The minimum absolute atomic E-state index is 0.174. The highest BCUT2D eigenvalue weighted by Gasteiger charge is 2.16. The number of aromatic nitrogens is 2. The first-order chi connectivity index (χ1) is 9.38. The lowest BCUT2D eigenvalue weighted by molar-refractivity contribution is 0.0528. The molecule has 0 fully saturated rings. The molecule has 1 heterocycles. The van der Waals surface area contributed by atoms with E-state index < -0.39 is 17.1 Å². The number of nitrogen functional groups attached to an aromatic ring is 1. The van der Waals surface area contributed by atoms with Gasteiger partial charge in [0.2, 0.25) is 0 Å². The van der Waals surface area contributed by atoms with Crippen molar-refractivity contribution in [3.8, 4) is 0 Å². The largest absolute Gasteiger partial charge is 0.462 e. The second-order valence-corrected chi connectivity index (χ2v) is 4.38. The third-order valence-corrected chi connectivity index (χ3v) is 3.16. The van der Waals surface area contributed by atoms with Gasteiger partial charge in [0.05, 0.1) is 23.2 Å². The molecule has 0 atom stereocenters. The van der Waals surface area contributed by atoms with Crippen LogP contribution in [0.3, 0.4) is 0 Å². The van der Waals surface area contributed by atoms with Crippen LogP contribution in [0, 0.1) is 0 Å². The summed E-state index contributed by atoms with van der Waals surface area (Å²) in [6, 6.07) is 2.95. The molecule has 0 saturated carbocycles. The molecule has 20 heavy (non-hydrogen) atoms. The normalized spacial score (nSPS) is 10.8. The van der Waals surface area contributed by atoms with E-state index in [0.717, 1.165) is 0 Å². The lowest BCUT2D eigenvalue weighted by Crippen LogP contribution is -2.39. The van der Waals surface area contributed by atoms with Crippen molar-refractivity contribution in [2.75, 3.05) is 12.3 Å². The summed E-state index contributed by atoms with van der Waals surface area (Å²) in [5.74, 6) is -0.562. The Bertz CT molecular complexity index is 817. The zero-order valence-electron chi connectivity index (χ0n) is 11.5. The van der Waals surface area contributed by atoms with Crippen LogP contribution in [0.5, 0.6) is 0 Å². The molecule has 0 aliphatic rings. The fraction of sp³-hybridized carbons (Fsp3) is 0.308. The summed E-state index contributed by atoms with van der Waals surface area (Å²) in [6.45, 7) is 1.91. The number of benzene rings is 1. The first kappa shape index (κ1) is 13.9. The van der Waals surface area contributed by atoms with Crippen LogP contribution in [0.4, 0.5) is 5.69 Å². The van der Waals surface area contributed by atoms with Gasteiger partial charge in [0, 0.05) is 19.8 Å². The van der Waals surface area contributed by atoms with Gasteiger partial charge in [0.1, 0.15) is 0 Å². The minimum atomic E-state index is -0.667. The van der Waals surface area contributed by atoms with Crippen LogP contribution < -0.4 is 16.9 Å². The maximum absolute atomic E-state index is 11.8. The summed E-state index contributed by atoms with van der Waals surface area (Å²) in [4.78, 5) is 35.3. The molecule has 0 bridgehead atoms. The Hall–Kier alpha value is -2.57. The van der Waals surface area contributed by atoms with Crippen molar-refractivity contribution in [3.05, 3.63) is 38.4 Å². The molecule has 0 radical (unpaired) electrons. The number of anilines is 1. The smallest absolute Gasteiger partial charge is 0.340 e. The lowest BCUT2D eigenvalue weighted by Gasteiger charge is -2.12. The molecule has 2 rings (SSSR count). The Labute approximate surface area is 114 Å². The summed E-state index contributed by atoms with van der Waals surface area (Å²) >= 11 is 0. The number of nitrogens with zero attached hydrogens (tertiary/aromatic N) is 2. The molecule has 0 spiro atoms. The summed E-state index contributed by atoms with van der Waals surface area (Å²) in [6.07, 6.45) is 0. The van der Waals surface area contributed by atoms with E-state index in [4.69, 9.17) is 10.5 Å². The molecule has 0 saturated heterocycles. The fourth-order valence-corrected chi connectivity index (χ4v) is 2.02. The summed E-state index contributed by atoms with van der Waals surface area (Å²) < 4.78 is 7.31. The van der Waals surface area contributed by atoms with Crippen molar-refractivity contribution in [3.63, 3.8) is 0 Å². The predicted molar refractivity (Wildman–Crippen MR) is 74.8 cm³/mol. The second kappa shape index (κ2) is 4.84. The van der Waals surface area contributed by atoms with Crippen molar-refractivity contribution in [1.82, 2.24) is 9.13 Å². The topological polar surface area (TPSA) is 96.3 Å². The Morgan fingerprint density at radius 2 is 1.65 bits per heavy atom. The van der Waals surface area contributed by atoms with E-state index in [1.165, 1.54) is 35.4 Å². The molecule has 106 valence electrons. The number of ether oxygens (including phenoxy) is 1. The lowest BCUT2D eigenvalue weighted by atomic mass is 10.1. The first-order valence-corrected chi connectivity index (χ1v) is 6.04. The van der Waals surface area contributed by atoms with Crippen molar-refractivity contribution in [1.29, 1.82) is 0 Å². The van der Waals surface area contributed by atoms with Gasteiger partial charge < -0.3 is 19.6 Å². The van der Waals surface area contributed by atoms with E-state index >= 15 is 0 Å². The van der Waals surface area contributed by atoms with Gasteiger partial charge in [-0.15, -0.1) is 0 Å². The average molecular weight is 277 g/mol. The van der Waals surface area contributed by atoms with Gasteiger partial charge in [-0.3, -0.25) is 9.59 Å². The maximum atomic E-state index is 11.8. The molecule has 1 aromatic heterocycles. The number of nitrogens with two attached hydrogens (primary N) is 1. The van der Waals surface area contributed by atoms with Crippen molar-refractivity contribution in [2.24, 2.45) is 14.1 Å². The number of aryl methyl sites for hydroxylation is 2. The fourth-order valence-electron chi connectivity index (χ4n) is 2.02. The first-order valence-electron chi connectivity index (χ1n) is 6.04. The molecule has 7 nitrogen and oxygen atoms in total. The Morgan fingerprint density at radius 1 is 1.15 bits per heavy atom. The third-order valence-electron chi connectivity index (χ3n) is 3.16. The molecule has 2 N–H and O–H groups in total. The number of rotatable bonds is 2. The van der Waals surface area contributed by atoms with Gasteiger partial charge in [0.15, 0.2) is 0 Å². The molecule has 7 heteroatoms. The van der Waals surface area contributed by atoms with Gasteiger partial charge in [-0.05, 0) is 19.1 Å². The maximum Gasteiger partial charge on any atom is 0.340 e. The monoisotopic (exact) mass is 277 g/mol. The summed E-state index contributed by atoms with van der Waals surface area (Å²) in [7, 11) is 2.95. The van der Waals surface area contributed by atoms with Gasteiger partial charge >= 0.3 is 17.1 Å². The van der Waals surface area contributed by atoms with Crippen molar-refractivity contribution < 1.29 is 9.53 Å². The number of carbonyl (C=O) groups is 1.